The molecule has 0 aromatic heterocycles. The van der Waals surface area contributed by atoms with Crippen molar-refractivity contribution in [3.8, 4) is 0 Å². The second-order valence-corrected chi connectivity index (χ2v) is 4.29. The van der Waals surface area contributed by atoms with Gasteiger partial charge in [-0.25, -0.2) is 0 Å². The molecule has 0 amide bonds. The molecular weight excluding hydrogens is 152 g/mol. The maximum absolute atomic E-state index is 5.26. The van der Waals surface area contributed by atoms with E-state index in [9.17, 15) is 0 Å². The predicted molar refractivity (Wildman–Crippen MR) is 48.3 cm³/mol. The third-order valence-corrected chi connectivity index (χ3v) is 3.01. The molecule has 3 nitrogen and oxygen atoms in total. The van der Waals surface area contributed by atoms with Crippen molar-refractivity contribution in [3.05, 3.63) is 0 Å². The number of piperazine rings is 1. The number of likely N-dealkylation sites (N-methyl/N-ethyl adjacent to an activating group) is 1. The summed E-state index contributed by atoms with van der Waals surface area (Å²) < 4.78 is 5.26. The number of fused-ring (bicyclic) bond motifs is 2. The van der Waals surface area contributed by atoms with Gasteiger partial charge in [0.05, 0.1) is 12.1 Å². The Balaban J connectivity index is 2.05. The second-order valence-electron chi connectivity index (χ2n) is 4.29. The van der Waals surface area contributed by atoms with Gasteiger partial charge in [-0.15, -0.1) is 0 Å². The summed E-state index contributed by atoms with van der Waals surface area (Å²) >= 11 is 0. The number of rotatable bonds is 2. The van der Waals surface area contributed by atoms with Crippen LogP contribution >= 0.6 is 0 Å². The Morgan fingerprint density at radius 1 is 1.67 bits per heavy atom. The predicted octanol–water partition coefficient (Wildman–Crippen LogP) is 0.0690. The lowest BCUT2D eigenvalue weighted by molar-refractivity contribution is 0.0715. The monoisotopic (exact) mass is 170 g/mol. The van der Waals surface area contributed by atoms with Crippen molar-refractivity contribution in [2.75, 3.05) is 33.9 Å². The van der Waals surface area contributed by atoms with E-state index in [0.717, 1.165) is 13.2 Å². The van der Waals surface area contributed by atoms with E-state index in [1.54, 1.807) is 7.11 Å². The number of hydrogen-bond acceptors (Lipinski definition) is 3. The van der Waals surface area contributed by atoms with Crippen LogP contribution in [0, 0.1) is 0 Å². The van der Waals surface area contributed by atoms with Crippen LogP contribution in [0.3, 0.4) is 0 Å². The fourth-order valence-electron chi connectivity index (χ4n) is 2.68. The third-order valence-electron chi connectivity index (χ3n) is 3.01. The Labute approximate surface area is 74.1 Å². The van der Waals surface area contributed by atoms with Gasteiger partial charge >= 0.3 is 0 Å². The Morgan fingerprint density at radius 2 is 2.50 bits per heavy atom. The van der Waals surface area contributed by atoms with Crippen molar-refractivity contribution in [2.45, 2.75) is 24.4 Å². The normalized spacial score (nSPS) is 42.0. The summed E-state index contributed by atoms with van der Waals surface area (Å²) in [6.07, 6.45) is 2.59. The molecule has 3 heteroatoms. The Hall–Kier alpha value is -0.120. The molecule has 2 unspecified atom stereocenters. The van der Waals surface area contributed by atoms with Gasteiger partial charge in [0, 0.05) is 26.2 Å². The first-order valence-electron chi connectivity index (χ1n) is 4.69. The van der Waals surface area contributed by atoms with Crippen molar-refractivity contribution >= 4 is 0 Å². The minimum Gasteiger partial charge on any atom is -0.383 e. The largest absolute Gasteiger partial charge is 0.383 e. The zero-order valence-corrected chi connectivity index (χ0v) is 7.97. The van der Waals surface area contributed by atoms with Crippen LogP contribution in [0.4, 0.5) is 0 Å². The fraction of sp³-hybridized carbons (Fsp3) is 1.00. The molecular formula is C9H18N2O. The van der Waals surface area contributed by atoms with Gasteiger partial charge in [-0.2, -0.15) is 0 Å². The Bertz CT molecular complexity index is 170. The van der Waals surface area contributed by atoms with Gasteiger partial charge in [-0.05, 0) is 19.9 Å². The van der Waals surface area contributed by atoms with Crippen molar-refractivity contribution in [2.24, 2.45) is 0 Å². The van der Waals surface area contributed by atoms with E-state index < -0.39 is 0 Å². The highest BCUT2D eigenvalue weighted by molar-refractivity contribution is 5.04. The SMILES string of the molecule is COCC12CCC(CN(C)C1)N2. The molecule has 0 aromatic carbocycles. The van der Waals surface area contributed by atoms with Gasteiger partial charge in [0.1, 0.15) is 0 Å². The number of methoxy groups -OCH3 is 1. The molecule has 70 valence electrons. The van der Waals surface area contributed by atoms with Gasteiger partial charge in [-0.3, -0.25) is 0 Å². The topological polar surface area (TPSA) is 24.5 Å². The van der Waals surface area contributed by atoms with Crippen LogP contribution in [-0.2, 0) is 4.74 Å². The summed E-state index contributed by atoms with van der Waals surface area (Å²) in [5.74, 6) is 0. The first kappa shape index (κ1) is 8.48. The standard InChI is InChI=1S/C9H18N2O/c1-11-5-8-3-4-9(6-11,10-8)7-12-2/h8,10H,3-7H2,1-2H3. The van der Waals surface area contributed by atoms with Crippen LogP contribution in [0.5, 0.6) is 0 Å². The van der Waals surface area contributed by atoms with E-state index in [-0.39, 0.29) is 5.54 Å². The third kappa shape index (κ3) is 1.37. The Morgan fingerprint density at radius 3 is 3.25 bits per heavy atom. The quantitative estimate of drug-likeness (QED) is 0.634. The number of hydrogen-bond donors (Lipinski definition) is 1. The smallest absolute Gasteiger partial charge is 0.0657 e. The number of likely N-dealkylation sites (tertiary alicyclic amines) is 1. The van der Waals surface area contributed by atoms with Crippen molar-refractivity contribution < 1.29 is 4.74 Å². The van der Waals surface area contributed by atoms with Crippen molar-refractivity contribution in [3.63, 3.8) is 0 Å². The van der Waals surface area contributed by atoms with Crippen molar-refractivity contribution in [1.29, 1.82) is 0 Å². The highest BCUT2D eigenvalue weighted by Crippen LogP contribution is 2.29. The lowest BCUT2D eigenvalue weighted by Gasteiger charge is -2.39. The van der Waals surface area contributed by atoms with E-state index in [4.69, 9.17) is 4.74 Å². The van der Waals surface area contributed by atoms with Crippen LogP contribution in [0.1, 0.15) is 12.8 Å². The fourth-order valence-corrected chi connectivity index (χ4v) is 2.68. The highest BCUT2D eigenvalue weighted by atomic mass is 16.5. The summed E-state index contributed by atoms with van der Waals surface area (Å²) in [5, 5.41) is 3.67. The summed E-state index contributed by atoms with van der Waals surface area (Å²) in [6, 6.07) is 0.707. The van der Waals surface area contributed by atoms with Gasteiger partial charge in [-0.1, -0.05) is 0 Å². The van der Waals surface area contributed by atoms with Crippen molar-refractivity contribution in [1.82, 2.24) is 10.2 Å². The molecule has 2 aliphatic rings. The summed E-state index contributed by atoms with van der Waals surface area (Å²) in [4.78, 5) is 2.41. The molecule has 2 aliphatic heterocycles. The lowest BCUT2D eigenvalue weighted by Crippen LogP contribution is -2.60. The molecule has 1 N–H and O–H groups in total. The molecule has 2 heterocycles. The average molecular weight is 170 g/mol. The molecule has 2 fully saturated rings. The van der Waals surface area contributed by atoms with Crippen LogP contribution < -0.4 is 5.32 Å². The van der Waals surface area contributed by atoms with E-state index in [1.807, 2.05) is 0 Å². The minimum atomic E-state index is 0.270. The lowest BCUT2D eigenvalue weighted by atomic mass is 9.98. The van der Waals surface area contributed by atoms with Gasteiger partial charge in [0.25, 0.3) is 0 Å². The number of ether oxygens (including phenoxy) is 1. The van der Waals surface area contributed by atoms with Crippen LogP contribution in [0.15, 0.2) is 0 Å². The summed E-state index contributed by atoms with van der Waals surface area (Å²) in [7, 11) is 3.99. The number of nitrogens with zero attached hydrogens (tertiary/aromatic N) is 1. The first-order valence-corrected chi connectivity index (χ1v) is 4.69. The van der Waals surface area contributed by atoms with Gasteiger partial charge in [0.2, 0.25) is 0 Å². The van der Waals surface area contributed by atoms with E-state index in [0.29, 0.717) is 6.04 Å². The maximum atomic E-state index is 5.26. The zero-order valence-electron chi connectivity index (χ0n) is 7.97. The molecule has 2 atom stereocenters. The second kappa shape index (κ2) is 2.98. The first-order chi connectivity index (χ1) is 5.74. The molecule has 0 radical (unpaired) electrons. The minimum absolute atomic E-state index is 0.270. The number of nitrogens with one attached hydrogen (secondary N) is 1. The highest BCUT2D eigenvalue weighted by Gasteiger charge is 2.43. The molecule has 2 bridgehead atoms. The van der Waals surface area contributed by atoms with E-state index in [2.05, 4.69) is 17.3 Å². The molecule has 0 saturated carbocycles. The van der Waals surface area contributed by atoms with Gasteiger partial charge < -0.3 is 15.0 Å². The van der Waals surface area contributed by atoms with Crippen LogP contribution in [-0.4, -0.2) is 50.3 Å². The molecule has 2 saturated heterocycles. The maximum Gasteiger partial charge on any atom is 0.0657 e. The molecule has 12 heavy (non-hydrogen) atoms. The van der Waals surface area contributed by atoms with Crippen LogP contribution in [0.25, 0.3) is 0 Å². The summed E-state index contributed by atoms with van der Waals surface area (Å²) in [5.41, 5.74) is 0.270. The van der Waals surface area contributed by atoms with Gasteiger partial charge in [0.15, 0.2) is 0 Å². The molecule has 0 aromatic rings. The zero-order chi connectivity index (χ0) is 8.60. The van der Waals surface area contributed by atoms with E-state index in [1.165, 1.54) is 19.4 Å². The molecule has 2 rings (SSSR count). The molecule has 0 aliphatic carbocycles. The van der Waals surface area contributed by atoms with E-state index >= 15 is 0 Å². The van der Waals surface area contributed by atoms with Crippen LogP contribution in [0.2, 0.25) is 0 Å². The Kier molecular flexibility index (Phi) is 2.10. The summed E-state index contributed by atoms with van der Waals surface area (Å²) in [6.45, 7) is 3.19. The molecule has 0 spiro atoms. The average Bonchev–Trinajstić information content (AvgIpc) is 2.27.